The summed E-state index contributed by atoms with van der Waals surface area (Å²) in [7, 11) is -3.57. The van der Waals surface area contributed by atoms with Gasteiger partial charge in [0.05, 0.1) is 16.5 Å². The first-order valence-corrected chi connectivity index (χ1v) is 10.2. The van der Waals surface area contributed by atoms with Crippen LogP contribution in [-0.4, -0.2) is 49.6 Å². The van der Waals surface area contributed by atoms with Crippen molar-refractivity contribution in [2.75, 3.05) is 26.2 Å². The zero-order valence-corrected chi connectivity index (χ0v) is 15.9. The molecule has 3 rings (SSSR count). The molecule has 2 aromatic carbocycles. The Morgan fingerprint density at radius 2 is 1.67 bits per heavy atom. The number of rotatable bonds is 5. The number of nitriles is 1. The van der Waals surface area contributed by atoms with E-state index in [2.05, 4.69) is 11.0 Å². The maximum atomic E-state index is 12.8. The number of hydrogen-bond acceptors (Lipinski definition) is 5. The topological polar surface area (TPSA) is 81.5 Å². The molecule has 2 aromatic rings. The van der Waals surface area contributed by atoms with E-state index in [1.54, 1.807) is 18.2 Å². The molecule has 1 heterocycles. The number of Topliss-reactive ketones (excluding diaryl/α,β-unsaturated/α-hetero) is 1. The van der Waals surface area contributed by atoms with Gasteiger partial charge in [-0.25, -0.2) is 8.42 Å². The number of nitrogens with zero attached hydrogens (tertiary/aromatic N) is 3. The highest BCUT2D eigenvalue weighted by molar-refractivity contribution is 7.89. The first kappa shape index (κ1) is 19.2. The van der Waals surface area contributed by atoms with Gasteiger partial charge in [-0.1, -0.05) is 30.3 Å². The Balaban J connectivity index is 1.66. The number of ketones is 1. The van der Waals surface area contributed by atoms with Gasteiger partial charge in [0.15, 0.2) is 5.78 Å². The molecule has 0 amide bonds. The van der Waals surface area contributed by atoms with Crippen LogP contribution in [0.1, 0.15) is 28.4 Å². The predicted molar refractivity (Wildman–Crippen MR) is 102 cm³/mol. The maximum absolute atomic E-state index is 12.8. The van der Waals surface area contributed by atoms with Crippen LogP contribution in [0, 0.1) is 11.3 Å². The Morgan fingerprint density at radius 1 is 1.04 bits per heavy atom. The largest absolute Gasteiger partial charge is 0.296 e. The summed E-state index contributed by atoms with van der Waals surface area (Å²) in [5.41, 5.74) is 2.10. The second-order valence-electron chi connectivity index (χ2n) is 6.53. The summed E-state index contributed by atoms with van der Waals surface area (Å²) in [5, 5.41) is 9.20. The van der Waals surface area contributed by atoms with Gasteiger partial charge in [-0.3, -0.25) is 9.69 Å². The molecule has 1 aliphatic heterocycles. The Labute approximate surface area is 159 Å². The normalized spacial score (nSPS) is 16.0. The lowest BCUT2D eigenvalue weighted by Crippen LogP contribution is -2.48. The van der Waals surface area contributed by atoms with E-state index in [1.807, 2.05) is 18.2 Å². The Hall–Kier alpha value is -2.53. The minimum absolute atomic E-state index is 0.0924. The van der Waals surface area contributed by atoms with Gasteiger partial charge in [-0.05, 0) is 30.7 Å². The van der Waals surface area contributed by atoms with Crippen LogP contribution in [-0.2, 0) is 16.6 Å². The minimum atomic E-state index is -3.57. The fourth-order valence-electron chi connectivity index (χ4n) is 3.15. The molecule has 0 spiro atoms. The number of sulfonamides is 1. The Kier molecular flexibility index (Phi) is 5.71. The van der Waals surface area contributed by atoms with Crippen LogP contribution in [0.2, 0.25) is 0 Å². The summed E-state index contributed by atoms with van der Waals surface area (Å²) in [6, 6.07) is 15.7. The van der Waals surface area contributed by atoms with Crippen molar-refractivity contribution in [3.05, 3.63) is 65.2 Å². The summed E-state index contributed by atoms with van der Waals surface area (Å²) in [4.78, 5) is 13.7. The maximum Gasteiger partial charge on any atom is 0.243 e. The molecule has 27 heavy (non-hydrogen) atoms. The number of carbonyl (C=O) groups is 1. The third-order valence-corrected chi connectivity index (χ3v) is 6.67. The average Bonchev–Trinajstić information content (AvgIpc) is 2.69. The highest BCUT2D eigenvalue weighted by Gasteiger charge is 2.28. The molecule has 0 aromatic heterocycles. The van der Waals surface area contributed by atoms with E-state index in [0.29, 0.717) is 43.9 Å². The summed E-state index contributed by atoms with van der Waals surface area (Å²) in [6.45, 7) is 4.07. The number of hydrogen-bond donors (Lipinski definition) is 0. The molecular formula is C20H21N3O3S. The van der Waals surface area contributed by atoms with Crippen LogP contribution >= 0.6 is 0 Å². The van der Waals surface area contributed by atoms with Crippen molar-refractivity contribution in [1.29, 1.82) is 5.26 Å². The molecule has 7 heteroatoms. The van der Waals surface area contributed by atoms with Gasteiger partial charge < -0.3 is 0 Å². The van der Waals surface area contributed by atoms with Gasteiger partial charge in [0.25, 0.3) is 0 Å². The van der Waals surface area contributed by atoms with Gasteiger partial charge in [-0.2, -0.15) is 9.57 Å². The molecule has 0 N–H and O–H groups in total. The van der Waals surface area contributed by atoms with Crippen molar-refractivity contribution < 1.29 is 13.2 Å². The monoisotopic (exact) mass is 383 g/mol. The smallest absolute Gasteiger partial charge is 0.243 e. The van der Waals surface area contributed by atoms with Crippen molar-refractivity contribution in [1.82, 2.24) is 9.21 Å². The second kappa shape index (κ2) is 8.01. The van der Waals surface area contributed by atoms with Crippen molar-refractivity contribution in [3.8, 4) is 6.07 Å². The SMILES string of the molecule is CC(=O)c1ccc(S(=O)(=O)N2CCN(Cc3ccccc3C#N)CC2)cc1. The van der Waals surface area contributed by atoms with E-state index < -0.39 is 10.0 Å². The highest BCUT2D eigenvalue weighted by Crippen LogP contribution is 2.20. The van der Waals surface area contributed by atoms with Gasteiger partial charge in [0.2, 0.25) is 10.0 Å². The fourth-order valence-corrected chi connectivity index (χ4v) is 4.57. The van der Waals surface area contributed by atoms with Gasteiger partial charge in [-0.15, -0.1) is 0 Å². The predicted octanol–water partition coefficient (Wildman–Crippen LogP) is 2.27. The number of benzene rings is 2. The van der Waals surface area contributed by atoms with Gasteiger partial charge >= 0.3 is 0 Å². The summed E-state index contributed by atoms with van der Waals surface area (Å²) < 4.78 is 27.1. The van der Waals surface area contributed by atoms with E-state index in [4.69, 9.17) is 0 Å². The molecule has 0 bridgehead atoms. The van der Waals surface area contributed by atoms with E-state index in [1.165, 1.54) is 23.4 Å². The zero-order chi connectivity index (χ0) is 19.4. The first-order valence-electron chi connectivity index (χ1n) is 8.73. The van der Waals surface area contributed by atoms with Crippen LogP contribution in [0.3, 0.4) is 0 Å². The van der Waals surface area contributed by atoms with Crippen molar-refractivity contribution >= 4 is 15.8 Å². The van der Waals surface area contributed by atoms with E-state index in [9.17, 15) is 18.5 Å². The molecule has 6 nitrogen and oxygen atoms in total. The van der Waals surface area contributed by atoms with E-state index in [0.717, 1.165) is 5.56 Å². The Morgan fingerprint density at radius 3 is 2.26 bits per heavy atom. The van der Waals surface area contributed by atoms with Crippen molar-refractivity contribution in [2.24, 2.45) is 0 Å². The van der Waals surface area contributed by atoms with Crippen LogP contribution in [0.4, 0.5) is 0 Å². The molecule has 1 saturated heterocycles. The lowest BCUT2D eigenvalue weighted by atomic mass is 10.1. The molecular weight excluding hydrogens is 362 g/mol. The van der Waals surface area contributed by atoms with Gasteiger partial charge in [0.1, 0.15) is 0 Å². The van der Waals surface area contributed by atoms with E-state index >= 15 is 0 Å². The lowest BCUT2D eigenvalue weighted by molar-refractivity contribution is 0.101. The minimum Gasteiger partial charge on any atom is -0.296 e. The van der Waals surface area contributed by atoms with Crippen LogP contribution in [0.25, 0.3) is 0 Å². The molecule has 140 valence electrons. The first-order chi connectivity index (χ1) is 12.9. The molecule has 0 unspecified atom stereocenters. The van der Waals surface area contributed by atoms with Crippen LogP contribution < -0.4 is 0 Å². The third-order valence-electron chi connectivity index (χ3n) is 4.76. The van der Waals surface area contributed by atoms with Crippen LogP contribution in [0.5, 0.6) is 0 Å². The van der Waals surface area contributed by atoms with Gasteiger partial charge in [0, 0.05) is 38.3 Å². The number of piperazine rings is 1. The quantitative estimate of drug-likeness (QED) is 0.740. The number of carbonyl (C=O) groups excluding carboxylic acids is 1. The average molecular weight is 383 g/mol. The molecule has 1 fully saturated rings. The fraction of sp³-hybridized carbons (Fsp3) is 0.300. The van der Waals surface area contributed by atoms with Crippen LogP contribution in [0.15, 0.2) is 53.4 Å². The molecule has 0 saturated carbocycles. The zero-order valence-electron chi connectivity index (χ0n) is 15.1. The standard InChI is InChI=1S/C20H21N3O3S/c1-16(24)17-6-8-20(9-7-17)27(25,26)23-12-10-22(11-13-23)15-19-5-3-2-4-18(19)14-21/h2-9H,10-13,15H2,1H3. The van der Waals surface area contributed by atoms with Crippen molar-refractivity contribution in [3.63, 3.8) is 0 Å². The van der Waals surface area contributed by atoms with E-state index in [-0.39, 0.29) is 10.7 Å². The second-order valence-corrected chi connectivity index (χ2v) is 8.47. The molecule has 0 atom stereocenters. The molecule has 1 aliphatic rings. The summed E-state index contributed by atoms with van der Waals surface area (Å²) >= 11 is 0. The third kappa shape index (κ3) is 4.25. The lowest BCUT2D eigenvalue weighted by Gasteiger charge is -2.34. The Bertz CT molecular complexity index is 970. The molecule has 0 radical (unpaired) electrons. The highest BCUT2D eigenvalue weighted by atomic mass is 32.2. The summed E-state index contributed by atoms with van der Waals surface area (Å²) in [6.07, 6.45) is 0. The summed E-state index contributed by atoms with van der Waals surface area (Å²) in [5.74, 6) is -0.0924. The molecule has 0 aliphatic carbocycles. The van der Waals surface area contributed by atoms with Crippen molar-refractivity contribution in [2.45, 2.75) is 18.4 Å².